The molecule has 1 fully saturated rings. The highest BCUT2D eigenvalue weighted by molar-refractivity contribution is 5.86. The summed E-state index contributed by atoms with van der Waals surface area (Å²) in [6.07, 6.45) is 3.55. The van der Waals surface area contributed by atoms with Crippen molar-refractivity contribution < 1.29 is 5.11 Å². The minimum atomic E-state index is 0.320. The molecule has 2 aromatic carbocycles. The van der Waals surface area contributed by atoms with Crippen LogP contribution in [0.1, 0.15) is 24.0 Å². The van der Waals surface area contributed by atoms with Crippen LogP contribution in [0.2, 0.25) is 0 Å². The normalized spacial score (nSPS) is 18.2. The summed E-state index contributed by atoms with van der Waals surface area (Å²) >= 11 is 0. The van der Waals surface area contributed by atoms with Gasteiger partial charge in [-0.2, -0.15) is 0 Å². The summed E-state index contributed by atoms with van der Waals surface area (Å²) in [4.78, 5) is 2.41. The minimum Gasteiger partial charge on any atom is -0.508 e. The van der Waals surface area contributed by atoms with E-state index in [1.165, 1.54) is 6.21 Å². The number of rotatable bonds is 5. The zero-order chi connectivity index (χ0) is 16.9. The lowest BCUT2D eigenvalue weighted by Gasteiger charge is -2.33. The van der Waals surface area contributed by atoms with Crippen LogP contribution in [0.3, 0.4) is 0 Å². The van der Waals surface area contributed by atoms with E-state index >= 15 is 0 Å². The molecule has 0 spiro atoms. The molecule has 24 heavy (non-hydrogen) atoms. The molecular formula is C19H24N4O. The van der Waals surface area contributed by atoms with Crippen LogP contribution in [-0.4, -0.2) is 35.4 Å². The molecule has 0 saturated carbocycles. The molecule has 1 saturated heterocycles. The van der Waals surface area contributed by atoms with Crippen molar-refractivity contribution in [3.63, 3.8) is 0 Å². The number of anilines is 2. The molecule has 5 nitrogen and oxygen atoms in total. The van der Waals surface area contributed by atoms with E-state index in [0.29, 0.717) is 17.5 Å². The van der Waals surface area contributed by atoms with E-state index in [9.17, 15) is 5.11 Å². The summed E-state index contributed by atoms with van der Waals surface area (Å²) in [7, 11) is 0. The molecule has 1 aliphatic heterocycles. The van der Waals surface area contributed by atoms with Gasteiger partial charge in [-0.3, -0.25) is 4.90 Å². The number of piperidine rings is 1. The van der Waals surface area contributed by atoms with Gasteiger partial charge in [-0.1, -0.05) is 12.1 Å². The molecule has 0 aromatic heterocycles. The van der Waals surface area contributed by atoms with Crippen LogP contribution < -0.4 is 11.1 Å². The van der Waals surface area contributed by atoms with Gasteiger partial charge in [-0.25, -0.2) is 0 Å². The maximum absolute atomic E-state index is 9.60. The van der Waals surface area contributed by atoms with Gasteiger partial charge in [0.05, 0.1) is 0 Å². The zero-order valence-corrected chi connectivity index (χ0v) is 13.7. The number of aromatic hydroxyl groups is 1. The Labute approximate surface area is 142 Å². The fraction of sp³-hybridized carbons (Fsp3) is 0.316. The van der Waals surface area contributed by atoms with Crippen molar-refractivity contribution in [3.05, 3.63) is 53.6 Å². The summed E-state index contributed by atoms with van der Waals surface area (Å²) < 4.78 is 0. The van der Waals surface area contributed by atoms with Crippen LogP contribution in [0, 0.1) is 5.41 Å². The predicted molar refractivity (Wildman–Crippen MR) is 98.8 cm³/mol. The average Bonchev–Trinajstić information content (AvgIpc) is 2.57. The number of likely N-dealkylation sites (tertiary alicyclic amines) is 1. The number of nitrogens with two attached hydrogens (primary N) is 1. The highest BCUT2D eigenvalue weighted by atomic mass is 16.3. The first-order valence-corrected chi connectivity index (χ1v) is 8.31. The number of nitrogens with one attached hydrogen (secondary N) is 2. The molecule has 5 N–H and O–H groups in total. The van der Waals surface area contributed by atoms with Crippen molar-refractivity contribution in [2.75, 3.05) is 24.1 Å². The van der Waals surface area contributed by atoms with Gasteiger partial charge in [0.1, 0.15) is 5.75 Å². The molecule has 0 bridgehead atoms. The van der Waals surface area contributed by atoms with E-state index in [1.54, 1.807) is 6.07 Å². The van der Waals surface area contributed by atoms with Gasteiger partial charge >= 0.3 is 0 Å². The molecule has 1 unspecified atom stereocenters. The Morgan fingerprint density at radius 1 is 1.29 bits per heavy atom. The van der Waals surface area contributed by atoms with Gasteiger partial charge in [0.15, 0.2) is 0 Å². The summed E-state index contributed by atoms with van der Waals surface area (Å²) in [6, 6.07) is 13.6. The van der Waals surface area contributed by atoms with E-state index in [4.69, 9.17) is 11.1 Å². The second kappa shape index (κ2) is 7.36. The van der Waals surface area contributed by atoms with E-state index < -0.39 is 0 Å². The Morgan fingerprint density at radius 3 is 2.96 bits per heavy atom. The van der Waals surface area contributed by atoms with Crippen molar-refractivity contribution in [2.24, 2.45) is 0 Å². The first-order chi connectivity index (χ1) is 11.6. The van der Waals surface area contributed by atoms with Crippen LogP contribution in [-0.2, 0) is 6.54 Å². The largest absolute Gasteiger partial charge is 0.508 e. The van der Waals surface area contributed by atoms with Crippen LogP contribution in [0.4, 0.5) is 11.4 Å². The van der Waals surface area contributed by atoms with Gasteiger partial charge in [0, 0.05) is 42.3 Å². The van der Waals surface area contributed by atoms with Crippen LogP contribution in [0.5, 0.6) is 5.75 Å². The second-order valence-corrected chi connectivity index (χ2v) is 6.38. The Bertz CT molecular complexity index is 716. The topological polar surface area (TPSA) is 85.4 Å². The van der Waals surface area contributed by atoms with Crippen molar-refractivity contribution >= 4 is 17.6 Å². The average molecular weight is 324 g/mol. The van der Waals surface area contributed by atoms with Gasteiger partial charge < -0.3 is 21.6 Å². The molecule has 3 rings (SSSR count). The Kier molecular flexibility index (Phi) is 5.01. The molecule has 126 valence electrons. The van der Waals surface area contributed by atoms with E-state index in [-0.39, 0.29) is 0 Å². The lowest BCUT2D eigenvalue weighted by Crippen LogP contribution is -2.41. The summed E-state index contributed by atoms with van der Waals surface area (Å²) in [5, 5.41) is 20.6. The maximum Gasteiger partial charge on any atom is 0.115 e. The Morgan fingerprint density at radius 2 is 2.17 bits per heavy atom. The standard InChI is InChI=1S/C19H24N4O/c20-11-15-10-16(6-7-19(15)21)22-17-4-2-8-23(13-17)12-14-3-1-5-18(24)9-14/h1,3,5-7,9-11,17,20,22,24H,2,4,8,12-13,21H2. The van der Waals surface area contributed by atoms with Crippen molar-refractivity contribution in [1.29, 1.82) is 5.41 Å². The van der Waals surface area contributed by atoms with Crippen LogP contribution in [0.25, 0.3) is 0 Å². The van der Waals surface area contributed by atoms with Gasteiger partial charge in [-0.15, -0.1) is 0 Å². The maximum atomic E-state index is 9.60. The van der Waals surface area contributed by atoms with Crippen LogP contribution >= 0.6 is 0 Å². The Balaban J connectivity index is 1.62. The first kappa shape index (κ1) is 16.3. The highest BCUT2D eigenvalue weighted by Crippen LogP contribution is 2.21. The predicted octanol–water partition coefficient (Wildman–Crippen LogP) is 3.05. The quantitative estimate of drug-likeness (QED) is 0.503. The molecular weight excluding hydrogens is 300 g/mol. The molecule has 0 aliphatic carbocycles. The van der Waals surface area contributed by atoms with Gasteiger partial charge in [-0.05, 0) is 55.3 Å². The van der Waals surface area contributed by atoms with Gasteiger partial charge in [0.25, 0.3) is 0 Å². The van der Waals surface area contributed by atoms with E-state index in [0.717, 1.165) is 49.3 Å². The number of phenols is 1. The lowest BCUT2D eigenvalue weighted by atomic mass is 10.0. The fourth-order valence-electron chi connectivity index (χ4n) is 3.26. The molecule has 0 amide bonds. The van der Waals surface area contributed by atoms with Gasteiger partial charge in [0.2, 0.25) is 0 Å². The SMILES string of the molecule is N=Cc1cc(NC2CCCN(Cc3cccc(O)c3)C2)ccc1N. The smallest absolute Gasteiger partial charge is 0.115 e. The fourth-order valence-corrected chi connectivity index (χ4v) is 3.26. The highest BCUT2D eigenvalue weighted by Gasteiger charge is 2.20. The number of hydrogen-bond donors (Lipinski definition) is 4. The number of hydrogen-bond acceptors (Lipinski definition) is 5. The number of benzene rings is 2. The monoisotopic (exact) mass is 324 g/mol. The number of nitrogens with zero attached hydrogens (tertiary/aromatic N) is 1. The molecule has 5 heteroatoms. The Hall–Kier alpha value is -2.53. The third-order valence-corrected chi connectivity index (χ3v) is 4.44. The third kappa shape index (κ3) is 4.06. The van der Waals surface area contributed by atoms with Crippen molar-refractivity contribution in [1.82, 2.24) is 4.90 Å². The van der Waals surface area contributed by atoms with Crippen LogP contribution in [0.15, 0.2) is 42.5 Å². The number of nitrogen functional groups attached to an aromatic ring is 1. The summed E-state index contributed by atoms with van der Waals surface area (Å²) in [5.74, 6) is 0.320. The molecule has 1 heterocycles. The van der Waals surface area contributed by atoms with E-state index in [1.807, 2.05) is 36.4 Å². The third-order valence-electron chi connectivity index (χ3n) is 4.44. The molecule has 1 atom stereocenters. The molecule has 0 radical (unpaired) electrons. The zero-order valence-electron chi connectivity index (χ0n) is 13.7. The molecule has 1 aliphatic rings. The van der Waals surface area contributed by atoms with Crippen molar-refractivity contribution in [2.45, 2.75) is 25.4 Å². The minimum absolute atomic E-state index is 0.320. The second-order valence-electron chi connectivity index (χ2n) is 6.38. The molecule has 2 aromatic rings. The summed E-state index contributed by atoms with van der Waals surface area (Å²) in [5.41, 5.74) is 9.36. The van der Waals surface area contributed by atoms with E-state index in [2.05, 4.69) is 10.2 Å². The summed E-state index contributed by atoms with van der Waals surface area (Å²) in [6.45, 7) is 2.88. The lowest BCUT2D eigenvalue weighted by molar-refractivity contribution is 0.208. The number of phenolic OH excluding ortho intramolecular Hbond substituents is 1. The first-order valence-electron chi connectivity index (χ1n) is 8.31. The van der Waals surface area contributed by atoms with Crippen molar-refractivity contribution in [3.8, 4) is 5.75 Å².